The van der Waals surface area contributed by atoms with Gasteiger partial charge in [-0.25, -0.2) is 4.98 Å². The molecule has 1 aliphatic rings. The number of primary amides is 1. The summed E-state index contributed by atoms with van der Waals surface area (Å²) < 4.78 is 6.87. The molecule has 4 aromatic rings. The lowest BCUT2D eigenvalue weighted by Crippen LogP contribution is -2.43. The van der Waals surface area contributed by atoms with E-state index in [4.69, 9.17) is 33.7 Å². The Morgan fingerprint density at radius 3 is 2.27 bits per heavy atom. The third-order valence-electron chi connectivity index (χ3n) is 7.13. The van der Waals surface area contributed by atoms with Crippen LogP contribution in [-0.2, 0) is 16.1 Å². The van der Waals surface area contributed by atoms with E-state index >= 15 is 0 Å². The van der Waals surface area contributed by atoms with Crippen molar-refractivity contribution in [1.82, 2.24) is 19.8 Å². The molecule has 1 atom stereocenters. The summed E-state index contributed by atoms with van der Waals surface area (Å²) in [6.45, 7) is 3.55. The molecule has 1 aliphatic heterocycles. The van der Waals surface area contributed by atoms with Crippen molar-refractivity contribution in [1.29, 1.82) is 0 Å². The van der Waals surface area contributed by atoms with Crippen LogP contribution < -0.4 is 16.6 Å². The first kappa shape index (κ1) is 28.9. The van der Waals surface area contributed by atoms with Crippen LogP contribution >= 0.6 is 23.2 Å². The smallest absolute Gasteiger partial charge is 0.269 e. The Labute approximate surface area is 246 Å². The van der Waals surface area contributed by atoms with Crippen molar-refractivity contribution in [3.63, 3.8) is 0 Å². The van der Waals surface area contributed by atoms with Crippen LogP contribution in [0.2, 0.25) is 10.0 Å². The van der Waals surface area contributed by atoms with Crippen molar-refractivity contribution in [3.8, 4) is 11.1 Å². The molecule has 1 amide bonds. The molecule has 1 unspecified atom stereocenters. The number of aromatic nitrogens is 2. The van der Waals surface area contributed by atoms with Gasteiger partial charge in [0.25, 0.3) is 5.56 Å². The molecular formula is C30H29Cl2N5O4. The average molecular weight is 594 g/mol. The van der Waals surface area contributed by atoms with Gasteiger partial charge in [0, 0.05) is 31.2 Å². The quantitative estimate of drug-likeness (QED) is 0.287. The molecule has 9 nitrogen and oxygen atoms in total. The van der Waals surface area contributed by atoms with Gasteiger partial charge in [0.2, 0.25) is 5.91 Å². The van der Waals surface area contributed by atoms with Crippen molar-refractivity contribution >= 4 is 45.9 Å². The number of amides is 1. The molecule has 41 heavy (non-hydrogen) atoms. The fourth-order valence-corrected chi connectivity index (χ4v) is 5.17. The second-order valence-corrected chi connectivity index (χ2v) is 10.7. The van der Waals surface area contributed by atoms with Crippen LogP contribution in [0.3, 0.4) is 0 Å². The summed E-state index contributed by atoms with van der Waals surface area (Å²) in [4.78, 5) is 43.6. The third-order valence-corrected chi connectivity index (χ3v) is 7.85. The SMILES string of the molecule is NC(=O)c1ccc(-c2ccc(C(CN3CCOCC3)NCC(=O)Cn3c(=O)cnc4cc(Cl)c(Cl)cc43)cc2)cc1. The molecule has 0 radical (unpaired) electrons. The molecule has 11 heteroatoms. The number of hydrogen-bond acceptors (Lipinski definition) is 7. The number of Topliss-reactive ketones (excluding diaryl/α,β-unsaturated/α-hetero) is 1. The van der Waals surface area contributed by atoms with E-state index in [9.17, 15) is 14.4 Å². The van der Waals surface area contributed by atoms with Gasteiger partial charge in [-0.3, -0.25) is 23.9 Å². The number of fused-ring (bicyclic) bond motifs is 1. The van der Waals surface area contributed by atoms with Gasteiger partial charge < -0.3 is 15.8 Å². The number of morpholine rings is 1. The van der Waals surface area contributed by atoms with E-state index in [1.807, 2.05) is 36.4 Å². The van der Waals surface area contributed by atoms with E-state index < -0.39 is 11.5 Å². The van der Waals surface area contributed by atoms with E-state index in [0.717, 1.165) is 29.8 Å². The number of nitrogens with one attached hydrogen (secondary N) is 1. The monoisotopic (exact) mass is 593 g/mol. The number of hydrogen-bond donors (Lipinski definition) is 2. The molecule has 3 aromatic carbocycles. The molecule has 3 N–H and O–H groups in total. The van der Waals surface area contributed by atoms with Crippen molar-refractivity contribution in [3.05, 3.63) is 98.4 Å². The Hall–Kier alpha value is -3.60. The largest absolute Gasteiger partial charge is 0.379 e. The standard InChI is InChI=1S/C30H29Cl2N5O4/c31-24-13-26-28(14-25(24)32)37(29(39)16-35-26)17-23(38)15-34-27(18-36-9-11-41-12-10-36)21-5-1-19(2-6-21)20-3-7-22(8-4-20)30(33)40/h1-8,13-14,16,27,34H,9-12,15,17-18H2,(H2,33,40). The van der Waals surface area contributed by atoms with Gasteiger partial charge in [0.05, 0.1) is 53.6 Å². The van der Waals surface area contributed by atoms with Crippen molar-refractivity contribution < 1.29 is 14.3 Å². The highest BCUT2D eigenvalue weighted by Crippen LogP contribution is 2.26. The molecule has 212 valence electrons. The minimum atomic E-state index is -0.464. The van der Waals surface area contributed by atoms with Crippen LogP contribution in [0, 0.1) is 0 Å². The second-order valence-electron chi connectivity index (χ2n) is 9.89. The number of carbonyl (C=O) groups is 2. The molecule has 5 rings (SSSR count). The van der Waals surface area contributed by atoms with Gasteiger partial charge in [0.1, 0.15) is 0 Å². The Bertz CT molecular complexity index is 1620. The lowest BCUT2D eigenvalue weighted by molar-refractivity contribution is -0.119. The van der Waals surface area contributed by atoms with Crippen LogP contribution in [0.15, 0.2) is 71.7 Å². The highest BCUT2D eigenvalue weighted by Gasteiger charge is 2.20. The zero-order chi connectivity index (χ0) is 28.9. The van der Waals surface area contributed by atoms with Crippen molar-refractivity contribution in [2.75, 3.05) is 39.4 Å². The predicted octanol–water partition coefficient (Wildman–Crippen LogP) is 3.70. The van der Waals surface area contributed by atoms with Crippen LogP contribution in [0.4, 0.5) is 0 Å². The van der Waals surface area contributed by atoms with Crippen LogP contribution in [0.1, 0.15) is 22.0 Å². The minimum Gasteiger partial charge on any atom is -0.379 e. The van der Waals surface area contributed by atoms with E-state index in [1.54, 1.807) is 24.3 Å². The fraction of sp³-hybridized carbons (Fsp3) is 0.267. The number of halogens is 2. The topological polar surface area (TPSA) is 120 Å². The maximum Gasteiger partial charge on any atom is 0.269 e. The van der Waals surface area contributed by atoms with Crippen LogP contribution in [0.25, 0.3) is 22.2 Å². The van der Waals surface area contributed by atoms with Crippen LogP contribution in [0.5, 0.6) is 0 Å². The number of carbonyl (C=O) groups excluding carboxylic acids is 2. The first-order valence-corrected chi connectivity index (χ1v) is 13.9. The second kappa shape index (κ2) is 12.9. The minimum absolute atomic E-state index is 0.0584. The summed E-state index contributed by atoms with van der Waals surface area (Å²) in [6, 6.07) is 18.2. The summed E-state index contributed by atoms with van der Waals surface area (Å²) >= 11 is 12.3. The zero-order valence-electron chi connectivity index (χ0n) is 22.2. The first-order valence-electron chi connectivity index (χ1n) is 13.2. The van der Waals surface area contributed by atoms with Gasteiger partial charge in [-0.15, -0.1) is 0 Å². The maximum absolute atomic E-state index is 13.1. The van der Waals surface area contributed by atoms with E-state index in [-0.39, 0.29) is 29.9 Å². The Morgan fingerprint density at radius 1 is 0.976 bits per heavy atom. The van der Waals surface area contributed by atoms with Gasteiger partial charge in [-0.2, -0.15) is 0 Å². The molecule has 0 saturated carbocycles. The Kier molecular flexibility index (Phi) is 9.12. The van der Waals surface area contributed by atoms with Gasteiger partial charge in [0.15, 0.2) is 5.78 Å². The van der Waals surface area contributed by atoms with E-state index in [1.165, 1.54) is 10.8 Å². The third kappa shape index (κ3) is 7.01. The van der Waals surface area contributed by atoms with E-state index in [2.05, 4.69) is 15.2 Å². The molecule has 0 bridgehead atoms. The number of rotatable bonds is 10. The van der Waals surface area contributed by atoms with E-state index in [0.29, 0.717) is 41.4 Å². The number of nitrogens with zero attached hydrogens (tertiary/aromatic N) is 3. The molecular weight excluding hydrogens is 565 g/mol. The predicted molar refractivity (Wildman–Crippen MR) is 159 cm³/mol. The summed E-state index contributed by atoms with van der Waals surface area (Å²) in [5.74, 6) is -0.627. The first-order chi connectivity index (χ1) is 19.8. The lowest BCUT2D eigenvalue weighted by atomic mass is 9.99. The zero-order valence-corrected chi connectivity index (χ0v) is 23.7. The average Bonchev–Trinajstić information content (AvgIpc) is 2.98. The summed E-state index contributed by atoms with van der Waals surface area (Å²) in [5.41, 5.74) is 9.33. The Balaban J connectivity index is 1.32. The molecule has 1 saturated heterocycles. The van der Waals surface area contributed by atoms with Crippen LogP contribution in [-0.4, -0.2) is 65.5 Å². The number of ketones is 1. The van der Waals surface area contributed by atoms with Gasteiger partial charge >= 0.3 is 0 Å². The number of benzene rings is 3. The normalized spacial score (nSPS) is 14.7. The van der Waals surface area contributed by atoms with Crippen molar-refractivity contribution in [2.24, 2.45) is 5.73 Å². The highest BCUT2D eigenvalue weighted by atomic mass is 35.5. The molecule has 1 aromatic heterocycles. The molecule has 2 heterocycles. The summed E-state index contributed by atoms with van der Waals surface area (Å²) in [7, 11) is 0. The summed E-state index contributed by atoms with van der Waals surface area (Å²) in [6.07, 6.45) is 1.18. The molecule has 1 fully saturated rings. The van der Waals surface area contributed by atoms with Gasteiger partial charge in [-0.1, -0.05) is 59.6 Å². The maximum atomic E-state index is 13.1. The number of ether oxygens (including phenoxy) is 1. The van der Waals surface area contributed by atoms with Gasteiger partial charge in [-0.05, 0) is 41.0 Å². The molecule has 0 spiro atoms. The highest BCUT2D eigenvalue weighted by molar-refractivity contribution is 6.42. The Morgan fingerprint density at radius 2 is 1.61 bits per heavy atom. The fourth-order valence-electron chi connectivity index (χ4n) is 4.86. The summed E-state index contributed by atoms with van der Waals surface area (Å²) in [5, 5.41) is 4.01. The van der Waals surface area contributed by atoms with Crippen molar-refractivity contribution in [2.45, 2.75) is 12.6 Å². The number of nitrogens with two attached hydrogens (primary N) is 1. The molecule has 0 aliphatic carbocycles. The lowest BCUT2D eigenvalue weighted by Gasteiger charge is -2.31.